The fraction of sp³-hybridized carbons (Fsp3) is 0.714. The van der Waals surface area contributed by atoms with Crippen LogP contribution in [-0.4, -0.2) is 49.6 Å². The van der Waals surface area contributed by atoms with Gasteiger partial charge in [0.15, 0.2) is 5.96 Å². The third-order valence-electron chi connectivity index (χ3n) is 3.09. The summed E-state index contributed by atoms with van der Waals surface area (Å²) < 4.78 is 15.9. The van der Waals surface area contributed by atoms with Gasteiger partial charge in [-0.2, -0.15) is 0 Å². The van der Waals surface area contributed by atoms with Crippen LogP contribution in [0.15, 0.2) is 21.8 Å². The molecule has 1 aromatic rings. The van der Waals surface area contributed by atoms with Gasteiger partial charge in [0.2, 0.25) is 0 Å². The Balaban J connectivity index is 0.00000242. The van der Waals surface area contributed by atoms with Gasteiger partial charge in [0.1, 0.15) is 12.0 Å². The molecule has 22 heavy (non-hydrogen) atoms. The number of halogens is 1. The molecule has 2 rings (SSSR count). The van der Waals surface area contributed by atoms with E-state index >= 15 is 0 Å². The van der Waals surface area contributed by atoms with Crippen LogP contribution >= 0.6 is 24.0 Å². The Morgan fingerprint density at radius 1 is 1.59 bits per heavy atom. The number of nitrogens with zero attached hydrogens (tertiary/aromatic N) is 2. The van der Waals surface area contributed by atoms with Gasteiger partial charge < -0.3 is 24.6 Å². The van der Waals surface area contributed by atoms with E-state index in [1.807, 2.05) is 6.92 Å². The fourth-order valence-corrected chi connectivity index (χ4v) is 2.00. The van der Waals surface area contributed by atoms with Crippen molar-refractivity contribution in [2.75, 3.05) is 26.4 Å². The molecule has 126 valence electrons. The number of guanidine groups is 1. The summed E-state index contributed by atoms with van der Waals surface area (Å²) in [4.78, 5) is 4.47. The molecule has 7 nitrogen and oxygen atoms in total. The summed E-state index contributed by atoms with van der Waals surface area (Å²) >= 11 is 0. The molecular formula is C14H25IN4O3. The van der Waals surface area contributed by atoms with E-state index < -0.39 is 0 Å². The molecule has 1 saturated heterocycles. The second-order valence-electron chi connectivity index (χ2n) is 5.05. The van der Waals surface area contributed by atoms with Gasteiger partial charge in [-0.25, -0.2) is 4.99 Å². The van der Waals surface area contributed by atoms with Gasteiger partial charge in [0.25, 0.3) is 0 Å². The lowest BCUT2D eigenvalue weighted by Gasteiger charge is -2.19. The summed E-state index contributed by atoms with van der Waals surface area (Å²) in [5.41, 5.74) is 0.805. The average Bonchev–Trinajstić information content (AvgIpc) is 3.16. The molecule has 0 spiro atoms. The van der Waals surface area contributed by atoms with Crippen molar-refractivity contribution in [3.05, 3.63) is 18.0 Å². The quantitative estimate of drug-likeness (QED) is 0.393. The molecule has 2 N–H and O–H groups in total. The van der Waals surface area contributed by atoms with Crippen LogP contribution in [-0.2, 0) is 16.0 Å². The largest absolute Gasteiger partial charge is 0.379 e. The molecule has 0 aliphatic carbocycles. The Bertz CT molecular complexity index is 422. The Morgan fingerprint density at radius 2 is 2.45 bits per heavy atom. The van der Waals surface area contributed by atoms with Crippen LogP contribution in [0.5, 0.6) is 0 Å². The minimum Gasteiger partial charge on any atom is -0.379 e. The first-order chi connectivity index (χ1) is 10.3. The maximum atomic E-state index is 5.80. The van der Waals surface area contributed by atoms with Crippen molar-refractivity contribution in [3.63, 3.8) is 0 Å². The number of ether oxygens (including phenoxy) is 2. The summed E-state index contributed by atoms with van der Waals surface area (Å²) in [5.74, 6) is 0.749. The maximum absolute atomic E-state index is 5.80. The van der Waals surface area contributed by atoms with Crippen LogP contribution in [0, 0.1) is 0 Å². The highest BCUT2D eigenvalue weighted by molar-refractivity contribution is 14.0. The van der Waals surface area contributed by atoms with Crippen molar-refractivity contribution < 1.29 is 14.0 Å². The summed E-state index contributed by atoms with van der Waals surface area (Å²) in [6, 6.07) is 1.97. The zero-order valence-corrected chi connectivity index (χ0v) is 15.4. The molecule has 0 aromatic carbocycles. The van der Waals surface area contributed by atoms with Crippen molar-refractivity contribution in [2.45, 2.75) is 39.0 Å². The lowest BCUT2D eigenvalue weighted by Crippen LogP contribution is -2.44. The highest BCUT2D eigenvalue weighted by Crippen LogP contribution is 2.08. The van der Waals surface area contributed by atoms with Crippen molar-refractivity contribution in [2.24, 2.45) is 4.99 Å². The summed E-state index contributed by atoms with van der Waals surface area (Å²) in [7, 11) is 0. The monoisotopic (exact) mass is 424 g/mol. The molecule has 1 aliphatic heterocycles. The van der Waals surface area contributed by atoms with E-state index in [1.54, 1.807) is 12.3 Å². The SMILES string of the molecule is CCNC(=NCc1ccon1)NC(C)COC1CCOC1.I. The van der Waals surface area contributed by atoms with Crippen LogP contribution in [0.2, 0.25) is 0 Å². The molecule has 2 atom stereocenters. The summed E-state index contributed by atoms with van der Waals surface area (Å²) in [6.45, 7) is 7.51. The zero-order valence-electron chi connectivity index (χ0n) is 13.1. The number of aliphatic imine (C=N–C) groups is 1. The third kappa shape index (κ3) is 6.93. The fourth-order valence-electron chi connectivity index (χ4n) is 2.00. The number of rotatable bonds is 7. The van der Waals surface area contributed by atoms with Crippen LogP contribution in [0.25, 0.3) is 0 Å². The molecule has 2 unspecified atom stereocenters. The van der Waals surface area contributed by atoms with Crippen molar-refractivity contribution >= 4 is 29.9 Å². The predicted octanol–water partition coefficient (Wildman–Crippen LogP) is 1.54. The van der Waals surface area contributed by atoms with Crippen LogP contribution < -0.4 is 10.6 Å². The van der Waals surface area contributed by atoms with E-state index in [4.69, 9.17) is 14.0 Å². The molecule has 1 aliphatic rings. The van der Waals surface area contributed by atoms with Crippen molar-refractivity contribution in [1.29, 1.82) is 0 Å². The lowest BCUT2D eigenvalue weighted by molar-refractivity contribution is 0.0347. The molecule has 8 heteroatoms. The van der Waals surface area contributed by atoms with Crippen molar-refractivity contribution in [3.8, 4) is 0 Å². The van der Waals surface area contributed by atoms with Crippen LogP contribution in [0.3, 0.4) is 0 Å². The van der Waals surface area contributed by atoms with E-state index in [1.165, 1.54) is 0 Å². The van der Waals surface area contributed by atoms with Gasteiger partial charge >= 0.3 is 0 Å². The molecule has 2 heterocycles. The van der Waals surface area contributed by atoms with Gasteiger partial charge in [-0.15, -0.1) is 24.0 Å². The molecular weight excluding hydrogens is 399 g/mol. The number of aromatic nitrogens is 1. The second-order valence-corrected chi connectivity index (χ2v) is 5.05. The Hall–Kier alpha value is -0.870. The Labute approximate surface area is 148 Å². The third-order valence-corrected chi connectivity index (χ3v) is 3.09. The van der Waals surface area contributed by atoms with E-state index in [9.17, 15) is 0 Å². The molecule has 0 radical (unpaired) electrons. The smallest absolute Gasteiger partial charge is 0.191 e. The molecule has 1 aromatic heterocycles. The lowest BCUT2D eigenvalue weighted by atomic mass is 10.3. The summed E-state index contributed by atoms with van der Waals surface area (Å²) in [6.07, 6.45) is 2.75. The standard InChI is InChI=1S/C14H24N4O3.HI/c1-3-15-14(16-8-12-4-7-21-18-12)17-11(2)9-20-13-5-6-19-10-13;/h4,7,11,13H,3,5-6,8-10H2,1-2H3,(H2,15,16,17);1H. The van der Waals surface area contributed by atoms with Gasteiger partial charge in [0.05, 0.1) is 25.9 Å². The molecule has 0 saturated carbocycles. The first-order valence-electron chi connectivity index (χ1n) is 7.41. The molecule has 1 fully saturated rings. The van der Waals surface area contributed by atoms with Gasteiger partial charge in [-0.05, 0) is 20.3 Å². The minimum absolute atomic E-state index is 0. The van der Waals surface area contributed by atoms with E-state index in [0.717, 1.165) is 31.2 Å². The number of hydrogen-bond donors (Lipinski definition) is 2. The van der Waals surface area contributed by atoms with E-state index in [2.05, 4.69) is 27.7 Å². The van der Waals surface area contributed by atoms with Gasteiger partial charge in [-0.3, -0.25) is 0 Å². The zero-order chi connectivity index (χ0) is 14.9. The topological polar surface area (TPSA) is 80.9 Å². The number of nitrogens with one attached hydrogen (secondary N) is 2. The van der Waals surface area contributed by atoms with E-state index in [0.29, 0.717) is 19.8 Å². The number of hydrogen-bond acceptors (Lipinski definition) is 5. The highest BCUT2D eigenvalue weighted by Gasteiger charge is 2.17. The minimum atomic E-state index is 0. The normalized spacial score (nSPS) is 19.5. The first-order valence-corrected chi connectivity index (χ1v) is 7.41. The van der Waals surface area contributed by atoms with Crippen LogP contribution in [0.1, 0.15) is 26.0 Å². The average molecular weight is 424 g/mol. The highest BCUT2D eigenvalue weighted by atomic mass is 127. The summed E-state index contributed by atoms with van der Waals surface area (Å²) in [5, 5.41) is 10.4. The second kappa shape index (κ2) is 10.8. The maximum Gasteiger partial charge on any atom is 0.191 e. The predicted molar refractivity (Wildman–Crippen MR) is 94.5 cm³/mol. The van der Waals surface area contributed by atoms with Gasteiger partial charge in [-0.1, -0.05) is 5.16 Å². The molecule has 0 amide bonds. The first kappa shape index (κ1) is 19.2. The van der Waals surface area contributed by atoms with Gasteiger partial charge in [0, 0.05) is 25.3 Å². The van der Waals surface area contributed by atoms with Crippen molar-refractivity contribution in [1.82, 2.24) is 15.8 Å². The Morgan fingerprint density at radius 3 is 3.09 bits per heavy atom. The molecule has 0 bridgehead atoms. The Kier molecular flexibility index (Phi) is 9.41. The van der Waals surface area contributed by atoms with Crippen LogP contribution in [0.4, 0.5) is 0 Å². The van der Waals surface area contributed by atoms with E-state index in [-0.39, 0.29) is 36.1 Å².